The van der Waals surface area contributed by atoms with Crippen LogP contribution in [0.15, 0.2) is 48.5 Å². The molecule has 0 aromatic heterocycles. The maximum absolute atomic E-state index is 12.7. The fourth-order valence-electron chi connectivity index (χ4n) is 3.47. The van der Waals surface area contributed by atoms with Crippen LogP contribution in [0.4, 0.5) is 10.5 Å². The summed E-state index contributed by atoms with van der Waals surface area (Å²) in [7, 11) is 3.22. The highest BCUT2D eigenvalue weighted by molar-refractivity contribution is 6.05. The first kappa shape index (κ1) is 18.8. The number of methoxy groups -OCH3 is 1. The van der Waals surface area contributed by atoms with Crippen molar-refractivity contribution in [2.75, 3.05) is 32.6 Å². The van der Waals surface area contributed by atoms with Crippen LogP contribution in [-0.2, 0) is 0 Å². The molecule has 2 aromatic rings. The highest BCUT2D eigenvalue weighted by Crippen LogP contribution is 2.28. The molecule has 3 rings (SSSR count). The Morgan fingerprint density at radius 1 is 1.15 bits per heavy atom. The second kappa shape index (κ2) is 8.58. The number of rotatable bonds is 4. The number of carbonyl (C=O) groups is 2. The van der Waals surface area contributed by atoms with Crippen LogP contribution < -0.4 is 15.4 Å². The molecule has 1 atom stereocenters. The van der Waals surface area contributed by atoms with Crippen molar-refractivity contribution >= 4 is 17.6 Å². The predicted octanol–water partition coefficient (Wildman–Crippen LogP) is 3.47. The third-order valence-electron chi connectivity index (χ3n) is 4.90. The first-order valence-corrected chi connectivity index (χ1v) is 9.13. The van der Waals surface area contributed by atoms with Gasteiger partial charge in [0.1, 0.15) is 5.75 Å². The topological polar surface area (TPSA) is 70.7 Å². The highest BCUT2D eigenvalue weighted by Gasteiger charge is 2.24. The monoisotopic (exact) mass is 367 g/mol. The Hall–Kier alpha value is -3.02. The van der Waals surface area contributed by atoms with Gasteiger partial charge in [-0.3, -0.25) is 4.79 Å². The number of para-hydroxylation sites is 2. The highest BCUT2D eigenvalue weighted by atomic mass is 16.5. The third kappa shape index (κ3) is 4.39. The molecule has 1 heterocycles. The number of amides is 3. The lowest BCUT2D eigenvalue weighted by Crippen LogP contribution is -2.43. The minimum atomic E-state index is -0.180. The van der Waals surface area contributed by atoms with Crippen LogP contribution in [0, 0.1) is 0 Å². The Labute approximate surface area is 159 Å². The van der Waals surface area contributed by atoms with Crippen LogP contribution in [0.1, 0.15) is 34.7 Å². The van der Waals surface area contributed by atoms with Gasteiger partial charge in [-0.1, -0.05) is 24.3 Å². The number of nitrogens with one attached hydrogen (secondary N) is 2. The summed E-state index contributed by atoms with van der Waals surface area (Å²) in [5.41, 5.74) is 2.31. The molecule has 6 nitrogen and oxygen atoms in total. The van der Waals surface area contributed by atoms with Gasteiger partial charge >= 0.3 is 6.03 Å². The summed E-state index contributed by atoms with van der Waals surface area (Å²) in [6, 6.07) is 14.9. The zero-order chi connectivity index (χ0) is 19.2. The van der Waals surface area contributed by atoms with Crippen molar-refractivity contribution in [2.45, 2.75) is 18.8 Å². The molecule has 27 heavy (non-hydrogen) atoms. The Bertz CT molecular complexity index is 822. The lowest BCUT2D eigenvalue weighted by Gasteiger charge is -2.32. The largest absolute Gasteiger partial charge is 0.495 e. The van der Waals surface area contributed by atoms with E-state index in [1.807, 2.05) is 41.3 Å². The van der Waals surface area contributed by atoms with Crippen LogP contribution >= 0.6 is 0 Å². The van der Waals surface area contributed by atoms with E-state index < -0.39 is 0 Å². The Morgan fingerprint density at radius 3 is 2.74 bits per heavy atom. The molecule has 1 aliphatic rings. The first-order chi connectivity index (χ1) is 13.1. The number of urea groups is 1. The van der Waals surface area contributed by atoms with Crippen LogP contribution in [0.25, 0.3) is 0 Å². The molecule has 0 aliphatic carbocycles. The van der Waals surface area contributed by atoms with E-state index in [9.17, 15) is 9.59 Å². The molecule has 142 valence electrons. The van der Waals surface area contributed by atoms with Crippen molar-refractivity contribution in [3.8, 4) is 5.75 Å². The van der Waals surface area contributed by atoms with Gasteiger partial charge < -0.3 is 20.3 Å². The van der Waals surface area contributed by atoms with E-state index in [1.165, 1.54) is 0 Å². The van der Waals surface area contributed by atoms with Gasteiger partial charge in [0.2, 0.25) is 0 Å². The van der Waals surface area contributed by atoms with Crippen molar-refractivity contribution in [2.24, 2.45) is 0 Å². The summed E-state index contributed by atoms with van der Waals surface area (Å²) in [4.78, 5) is 26.4. The second-order valence-electron chi connectivity index (χ2n) is 6.62. The molecule has 3 amide bonds. The quantitative estimate of drug-likeness (QED) is 0.869. The molecule has 1 fully saturated rings. The summed E-state index contributed by atoms with van der Waals surface area (Å²) in [5.74, 6) is 0.672. The standard InChI is InChI=1S/C21H25N3O3/c1-22-21(26)24-12-6-9-17(14-24)15-7-5-8-16(13-15)20(25)23-18-10-3-4-11-19(18)27-2/h3-5,7-8,10-11,13,17H,6,9,12,14H2,1-2H3,(H,22,26)(H,23,25)/t17-/m1/s1. The van der Waals surface area contributed by atoms with E-state index in [1.54, 1.807) is 26.3 Å². The van der Waals surface area contributed by atoms with Crippen molar-refractivity contribution in [1.82, 2.24) is 10.2 Å². The fraction of sp³-hybridized carbons (Fsp3) is 0.333. The fourth-order valence-corrected chi connectivity index (χ4v) is 3.47. The van der Waals surface area contributed by atoms with E-state index >= 15 is 0 Å². The van der Waals surface area contributed by atoms with E-state index in [4.69, 9.17) is 4.74 Å². The average Bonchev–Trinajstić information content (AvgIpc) is 2.73. The third-order valence-corrected chi connectivity index (χ3v) is 4.90. The minimum Gasteiger partial charge on any atom is -0.495 e. The van der Waals surface area contributed by atoms with Gasteiger partial charge in [0.25, 0.3) is 5.91 Å². The van der Waals surface area contributed by atoms with E-state index in [0.717, 1.165) is 24.9 Å². The van der Waals surface area contributed by atoms with Crippen molar-refractivity contribution < 1.29 is 14.3 Å². The Morgan fingerprint density at radius 2 is 1.96 bits per heavy atom. The number of hydrogen-bond donors (Lipinski definition) is 2. The van der Waals surface area contributed by atoms with Gasteiger partial charge in [0.05, 0.1) is 12.8 Å². The van der Waals surface area contributed by atoms with Crippen molar-refractivity contribution in [3.63, 3.8) is 0 Å². The minimum absolute atomic E-state index is 0.0511. The molecule has 0 saturated carbocycles. The molecule has 0 radical (unpaired) electrons. The van der Waals surface area contributed by atoms with E-state index in [0.29, 0.717) is 23.5 Å². The first-order valence-electron chi connectivity index (χ1n) is 9.13. The molecule has 1 aliphatic heterocycles. The second-order valence-corrected chi connectivity index (χ2v) is 6.62. The Kier molecular flexibility index (Phi) is 5.96. The van der Waals surface area contributed by atoms with Crippen LogP contribution in [0.3, 0.4) is 0 Å². The summed E-state index contributed by atoms with van der Waals surface area (Å²) in [6.45, 7) is 1.43. The number of ether oxygens (including phenoxy) is 1. The van der Waals surface area contributed by atoms with Crippen LogP contribution in [0.2, 0.25) is 0 Å². The SMILES string of the molecule is CNC(=O)N1CCC[C@@H](c2cccc(C(=O)Nc3ccccc3OC)c2)C1. The van der Waals surface area contributed by atoms with Gasteiger partial charge in [0, 0.05) is 31.6 Å². The van der Waals surface area contributed by atoms with Crippen molar-refractivity contribution in [3.05, 3.63) is 59.7 Å². The summed E-state index contributed by atoms with van der Waals surface area (Å²) in [5, 5.41) is 5.59. The van der Waals surface area contributed by atoms with E-state index in [2.05, 4.69) is 10.6 Å². The maximum Gasteiger partial charge on any atom is 0.317 e. The Balaban J connectivity index is 1.75. The molecule has 0 bridgehead atoms. The summed E-state index contributed by atoms with van der Waals surface area (Å²) >= 11 is 0. The molecule has 2 aromatic carbocycles. The van der Waals surface area contributed by atoms with Gasteiger partial charge in [-0.25, -0.2) is 4.79 Å². The maximum atomic E-state index is 12.7. The van der Waals surface area contributed by atoms with Crippen LogP contribution in [-0.4, -0.2) is 44.1 Å². The molecular formula is C21H25N3O3. The van der Waals surface area contributed by atoms with Gasteiger partial charge in [0.15, 0.2) is 0 Å². The summed E-state index contributed by atoms with van der Waals surface area (Å²) in [6.07, 6.45) is 1.96. The number of piperidine rings is 1. The number of anilines is 1. The summed E-state index contributed by atoms with van der Waals surface area (Å²) < 4.78 is 5.29. The molecule has 0 spiro atoms. The molecular weight excluding hydrogens is 342 g/mol. The normalized spacial score (nSPS) is 16.5. The number of nitrogens with zero attached hydrogens (tertiary/aromatic N) is 1. The predicted molar refractivity (Wildman–Crippen MR) is 105 cm³/mol. The molecule has 1 saturated heterocycles. The number of hydrogen-bond acceptors (Lipinski definition) is 3. The molecule has 6 heteroatoms. The zero-order valence-corrected chi connectivity index (χ0v) is 15.7. The average molecular weight is 367 g/mol. The number of carbonyl (C=O) groups excluding carboxylic acids is 2. The molecule has 0 unspecified atom stereocenters. The number of benzene rings is 2. The van der Waals surface area contributed by atoms with Gasteiger partial charge in [-0.15, -0.1) is 0 Å². The van der Waals surface area contributed by atoms with Gasteiger partial charge in [-0.2, -0.15) is 0 Å². The van der Waals surface area contributed by atoms with Gasteiger partial charge in [-0.05, 0) is 42.7 Å². The van der Waals surface area contributed by atoms with Crippen molar-refractivity contribution in [1.29, 1.82) is 0 Å². The van der Waals surface area contributed by atoms with Crippen LogP contribution in [0.5, 0.6) is 5.75 Å². The smallest absolute Gasteiger partial charge is 0.317 e. The lowest BCUT2D eigenvalue weighted by molar-refractivity contribution is 0.102. The number of likely N-dealkylation sites (tertiary alicyclic amines) is 1. The van der Waals surface area contributed by atoms with E-state index in [-0.39, 0.29) is 17.9 Å². The lowest BCUT2D eigenvalue weighted by atomic mass is 9.89. The molecule has 2 N–H and O–H groups in total. The zero-order valence-electron chi connectivity index (χ0n) is 15.7.